The van der Waals surface area contributed by atoms with E-state index >= 15 is 0 Å². The van der Waals surface area contributed by atoms with Crippen molar-refractivity contribution in [2.45, 2.75) is 25.2 Å². The minimum atomic E-state index is -3.72. The molecule has 2 aromatic rings. The molecule has 106 valence electrons. The molecule has 0 bridgehead atoms. The van der Waals surface area contributed by atoms with Crippen LogP contribution in [0, 0.1) is 6.92 Å². The Morgan fingerprint density at radius 1 is 1.30 bits per heavy atom. The number of sulfonamides is 1. The Labute approximate surface area is 123 Å². The lowest BCUT2D eigenvalue weighted by molar-refractivity contribution is 0.600. The zero-order valence-corrected chi connectivity index (χ0v) is 12.7. The number of anilines is 1. The molecule has 1 heterocycles. The van der Waals surface area contributed by atoms with Gasteiger partial charge in [-0.2, -0.15) is 0 Å². The van der Waals surface area contributed by atoms with E-state index in [1.54, 1.807) is 19.1 Å². The highest BCUT2D eigenvalue weighted by Gasteiger charge is 2.18. The van der Waals surface area contributed by atoms with Gasteiger partial charge in [-0.25, -0.2) is 18.4 Å². The number of nitrogens with one attached hydrogen (secondary N) is 1. The summed E-state index contributed by atoms with van der Waals surface area (Å²) in [7, 11) is -3.72. The average Bonchev–Trinajstić information content (AvgIpc) is 2.41. The lowest BCUT2D eigenvalue weighted by atomic mass is 10.2. The molecule has 7 heteroatoms. The van der Waals surface area contributed by atoms with Crippen molar-refractivity contribution in [3.63, 3.8) is 0 Å². The Hall–Kier alpha value is -1.66. The van der Waals surface area contributed by atoms with Crippen molar-refractivity contribution in [1.82, 2.24) is 9.97 Å². The molecular weight excluding hydrogens is 298 g/mol. The summed E-state index contributed by atoms with van der Waals surface area (Å²) < 4.78 is 27.1. The molecule has 0 spiro atoms. The molecule has 1 N–H and O–H groups in total. The van der Waals surface area contributed by atoms with E-state index in [2.05, 4.69) is 14.7 Å². The van der Waals surface area contributed by atoms with Gasteiger partial charge < -0.3 is 0 Å². The monoisotopic (exact) mass is 311 g/mol. The number of aromatic nitrogens is 2. The van der Waals surface area contributed by atoms with Crippen molar-refractivity contribution in [2.75, 3.05) is 4.72 Å². The molecule has 0 radical (unpaired) electrons. The molecule has 0 aliphatic carbocycles. The molecule has 2 rings (SSSR count). The zero-order chi connectivity index (χ0) is 14.8. The van der Waals surface area contributed by atoms with Crippen molar-refractivity contribution in [1.29, 1.82) is 0 Å². The quantitative estimate of drug-likeness (QED) is 0.942. The van der Waals surface area contributed by atoms with Gasteiger partial charge in [0.15, 0.2) is 0 Å². The highest BCUT2D eigenvalue weighted by molar-refractivity contribution is 7.92. The van der Waals surface area contributed by atoms with Crippen molar-refractivity contribution < 1.29 is 8.42 Å². The molecule has 1 aromatic heterocycles. The maximum absolute atomic E-state index is 12.3. The first kappa shape index (κ1) is 14.7. The smallest absolute Gasteiger partial charge is 0.263 e. The van der Waals surface area contributed by atoms with Crippen molar-refractivity contribution >= 4 is 27.4 Å². The highest BCUT2D eigenvalue weighted by Crippen LogP contribution is 2.24. The predicted molar refractivity (Wildman–Crippen MR) is 78.4 cm³/mol. The number of halogens is 1. The molecule has 0 atom stereocenters. The van der Waals surface area contributed by atoms with Crippen LogP contribution in [0.3, 0.4) is 0 Å². The van der Waals surface area contributed by atoms with Gasteiger partial charge in [-0.05, 0) is 30.7 Å². The summed E-state index contributed by atoms with van der Waals surface area (Å²) in [4.78, 5) is 8.29. The first-order valence-electron chi connectivity index (χ1n) is 6.04. The number of rotatable bonds is 4. The maximum atomic E-state index is 12.3. The molecule has 20 heavy (non-hydrogen) atoms. The van der Waals surface area contributed by atoms with Crippen LogP contribution in [0.5, 0.6) is 0 Å². The summed E-state index contributed by atoms with van der Waals surface area (Å²) >= 11 is 5.95. The Morgan fingerprint density at radius 2 is 2.05 bits per heavy atom. The molecule has 0 amide bonds. The minimum absolute atomic E-state index is 0.140. The fourth-order valence-electron chi connectivity index (χ4n) is 1.70. The molecule has 0 aliphatic heterocycles. The van der Waals surface area contributed by atoms with Crippen LogP contribution in [0.1, 0.15) is 18.3 Å². The molecular formula is C13H14ClN3O2S. The standard InChI is InChI=1S/C13H14ClN3O2S/c1-3-12-15-8-7-13(16-12)17-20(18,19)11-6-4-5-10(14)9(11)2/h4-8H,3H2,1-2H3,(H,15,16,17). The second-order valence-corrected chi connectivity index (χ2v) is 6.24. The molecule has 0 fully saturated rings. The van der Waals surface area contributed by atoms with Crippen molar-refractivity contribution in [3.05, 3.63) is 46.9 Å². The number of aryl methyl sites for hydroxylation is 1. The largest absolute Gasteiger partial charge is 0.263 e. The summed E-state index contributed by atoms with van der Waals surface area (Å²) in [5.41, 5.74) is 0.506. The van der Waals surface area contributed by atoms with Crippen LogP contribution in [-0.2, 0) is 16.4 Å². The van der Waals surface area contributed by atoms with Crippen molar-refractivity contribution in [2.24, 2.45) is 0 Å². The molecule has 0 unspecified atom stereocenters. The molecule has 0 aliphatic rings. The normalized spacial score (nSPS) is 11.3. The molecule has 0 saturated carbocycles. The number of benzene rings is 1. The highest BCUT2D eigenvalue weighted by atomic mass is 35.5. The van der Waals surface area contributed by atoms with Crippen LogP contribution in [0.4, 0.5) is 5.82 Å². The van der Waals surface area contributed by atoms with E-state index in [1.807, 2.05) is 6.92 Å². The van der Waals surface area contributed by atoms with Crippen LogP contribution >= 0.6 is 11.6 Å². The fraction of sp³-hybridized carbons (Fsp3) is 0.231. The Bertz CT molecular complexity index is 732. The summed E-state index contributed by atoms with van der Waals surface area (Å²) in [5, 5.41) is 0.407. The minimum Gasteiger partial charge on any atom is -0.263 e. The van der Waals surface area contributed by atoms with Gasteiger partial charge in [-0.3, -0.25) is 4.72 Å². The fourth-order valence-corrected chi connectivity index (χ4v) is 3.20. The second kappa shape index (κ2) is 5.76. The number of hydrogen-bond acceptors (Lipinski definition) is 4. The van der Waals surface area contributed by atoms with E-state index in [0.29, 0.717) is 22.8 Å². The van der Waals surface area contributed by atoms with Gasteiger partial charge >= 0.3 is 0 Å². The maximum Gasteiger partial charge on any atom is 0.263 e. The first-order valence-corrected chi connectivity index (χ1v) is 7.90. The summed E-state index contributed by atoms with van der Waals surface area (Å²) in [6.07, 6.45) is 2.15. The topological polar surface area (TPSA) is 72.0 Å². The van der Waals surface area contributed by atoms with Crippen LogP contribution in [0.15, 0.2) is 35.4 Å². The third-order valence-corrected chi connectivity index (χ3v) is 4.68. The van der Waals surface area contributed by atoms with Crippen LogP contribution in [0.2, 0.25) is 5.02 Å². The van der Waals surface area contributed by atoms with Gasteiger partial charge in [-0.1, -0.05) is 24.6 Å². The zero-order valence-electron chi connectivity index (χ0n) is 11.1. The van der Waals surface area contributed by atoms with Gasteiger partial charge in [0.2, 0.25) is 0 Å². The van der Waals surface area contributed by atoms with E-state index < -0.39 is 10.0 Å². The number of hydrogen-bond donors (Lipinski definition) is 1. The summed E-state index contributed by atoms with van der Waals surface area (Å²) in [6, 6.07) is 6.26. The Balaban J connectivity index is 2.38. The number of nitrogens with zero attached hydrogens (tertiary/aromatic N) is 2. The van der Waals surface area contributed by atoms with Crippen LogP contribution < -0.4 is 4.72 Å². The van der Waals surface area contributed by atoms with E-state index in [9.17, 15) is 8.42 Å². The van der Waals surface area contributed by atoms with Gasteiger partial charge in [0.1, 0.15) is 11.6 Å². The Kier molecular flexibility index (Phi) is 4.25. The van der Waals surface area contributed by atoms with Gasteiger partial charge in [-0.15, -0.1) is 0 Å². The Morgan fingerprint density at radius 3 is 2.75 bits per heavy atom. The van der Waals surface area contributed by atoms with Gasteiger partial charge in [0.25, 0.3) is 10.0 Å². The third-order valence-electron chi connectivity index (χ3n) is 2.77. The second-order valence-electron chi connectivity index (χ2n) is 4.18. The third kappa shape index (κ3) is 3.08. The van der Waals surface area contributed by atoms with E-state index in [0.717, 1.165) is 0 Å². The van der Waals surface area contributed by atoms with Gasteiger partial charge in [0, 0.05) is 17.6 Å². The SMILES string of the molecule is CCc1nccc(NS(=O)(=O)c2cccc(Cl)c2C)n1. The lowest BCUT2D eigenvalue weighted by Crippen LogP contribution is -2.15. The predicted octanol–water partition coefficient (Wildman–Crippen LogP) is 2.80. The lowest BCUT2D eigenvalue weighted by Gasteiger charge is -2.10. The molecule has 5 nitrogen and oxygen atoms in total. The van der Waals surface area contributed by atoms with Crippen LogP contribution in [0.25, 0.3) is 0 Å². The molecule has 1 aromatic carbocycles. The molecule has 0 saturated heterocycles. The summed E-state index contributed by atoms with van der Waals surface area (Å²) in [5.74, 6) is 0.823. The summed E-state index contributed by atoms with van der Waals surface area (Å²) in [6.45, 7) is 3.56. The average molecular weight is 312 g/mol. The van der Waals surface area contributed by atoms with Gasteiger partial charge in [0.05, 0.1) is 4.90 Å². The van der Waals surface area contributed by atoms with E-state index in [1.165, 1.54) is 18.3 Å². The van der Waals surface area contributed by atoms with Crippen molar-refractivity contribution in [3.8, 4) is 0 Å². The van der Waals surface area contributed by atoms with Crippen LogP contribution in [-0.4, -0.2) is 18.4 Å². The van der Waals surface area contributed by atoms with E-state index in [-0.39, 0.29) is 10.7 Å². The first-order chi connectivity index (χ1) is 9.44. The van der Waals surface area contributed by atoms with E-state index in [4.69, 9.17) is 11.6 Å².